The standard InChI is InChI=1S/C12H14ClN3O/c1-2-3-4-11-15-12(17-16-11)9-7-8(13)5-6-10(9)14/h5-7H,2-4,14H2,1H3. The molecule has 2 aromatic rings. The molecule has 0 bridgehead atoms. The van der Waals surface area contributed by atoms with Gasteiger partial charge in [0.25, 0.3) is 5.89 Å². The molecule has 90 valence electrons. The molecule has 0 aliphatic heterocycles. The molecule has 5 heteroatoms. The second-order valence-electron chi connectivity index (χ2n) is 3.85. The van der Waals surface area contributed by atoms with Crippen LogP contribution in [0.25, 0.3) is 11.5 Å². The Morgan fingerprint density at radius 1 is 1.41 bits per heavy atom. The number of halogens is 1. The molecule has 0 amide bonds. The van der Waals surface area contributed by atoms with E-state index in [2.05, 4.69) is 17.1 Å². The van der Waals surface area contributed by atoms with Crippen LogP contribution in [0, 0.1) is 0 Å². The number of hydrogen-bond acceptors (Lipinski definition) is 4. The maximum atomic E-state index is 5.91. The molecule has 0 unspecified atom stereocenters. The number of hydrogen-bond donors (Lipinski definition) is 1. The van der Waals surface area contributed by atoms with Crippen LogP contribution in [0.15, 0.2) is 22.7 Å². The van der Waals surface area contributed by atoms with Crippen molar-refractivity contribution >= 4 is 17.3 Å². The van der Waals surface area contributed by atoms with Gasteiger partial charge in [-0.25, -0.2) is 0 Å². The highest BCUT2D eigenvalue weighted by Crippen LogP contribution is 2.27. The van der Waals surface area contributed by atoms with Crippen LogP contribution in [-0.2, 0) is 6.42 Å². The number of unbranched alkanes of at least 4 members (excludes halogenated alkanes) is 1. The van der Waals surface area contributed by atoms with E-state index in [1.165, 1.54) is 0 Å². The van der Waals surface area contributed by atoms with Gasteiger partial charge in [-0.3, -0.25) is 0 Å². The molecular formula is C12H14ClN3O. The molecule has 2 N–H and O–H groups in total. The third-order valence-corrected chi connectivity index (χ3v) is 2.70. The lowest BCUT2D eigenvalue weighted by atomic mass is 10.2. The molecule has 0 saturated carbocycles. The van der Waals surface area contributed by atoms with Crippen molar-refractivity contribution in [3.8, 4) is 11.5 Å². The molecule has 0 atom stereocenters. The largest absolute Gasteiger partial charge is 0.398 e. The van der Waals surface area contributed by atoms with Crippen LogP contribution in [0.3, 0.4) is 0 Å². The summed E-state index contributed by atoms with van der Waals surface area (Å²) in [6.45, 7) is 2.12. The first-order valence-corrected chi connectivity index (χ1v) is 5.96. The number of anilines is 1. The van der Waals surface area contributed by atoms with Crippen molar-refractivity contribution in [3.05, 3.63) is 29.0 Å². The van der Waals surface area contributed by atoms with Crippen LogP contribution in [0.5, 0.6) is 0 Å². The lowest BCUT2D eigenvalue weighted by molar-refractivity contribution is 0.421. The zero-order chi connectivity index (χ0) is 12.3. The number of nitrogen functional groups attached to an aromatic ring is 1. The van der Waals surface area contributed by atoms with E-state index >= 15 is 0 Å². The van der Waals surface area contributed by atoms with Gasteiger partial charge in [0, 0.05) is 17.1 Å². The maximum Gasteiger partial charge on any atom is 0.260 e. The van der Waals surface area contributed by atoms with Crippen LogP contribution in [0.4, 0.5) is 5.69 Å². The van der Waals surface area contributed by atoms with Crippen molar-refractivity contribution in [1.82, 2.24) is 10.1 Å². The van der Waals surface area contributed by atoms with E-state index in [0.717, 1.165) is 19.3 Å². The van der Waals surface area contributed by atoms with Crippen molar-refractivity contribution in [1.29, 1.82) is 0 Å². The first kappa shape index (κ1) is 11.9. The van der Waals surface area contributed by atoms with Crippen LogP contribution < -0.4 is 5.73 Å². The fraction of sp³-hybridized carbons (Fsp3) is 0.333. The minimum Gasteiger partial charge on any atom is -0.398 e. The van der Waals surface area contributed by atoms with E-state index in [1.807, 2.05) is 0 Å². The molecule has 4 nitrogen and oxygen atoms in total. The van der Waals surface area contributed by atoms with Gasteiger partial charge >= 0.3 is 0 Å². The van der Waals surface area contributed by atoms with E-state index in [1.54, 1.807) is 18.2 Å². The average Bonchev–Trinajstić information content (AvgIpc) is 2.78. The van der Waals surface area contributed by atoms with Crippen LogP contribution >= 0.6 is 11.6 Å². The van der Waals surface area contributed by atoms with E-state index in [9.17, 15) is 0 Å². The molecule has 0 spiro atoms. The summed E-state index contributed by atoms with van der Waals surface area (Å²) >= 11 is 5.91. The molecule has 0 saturated heterocycles. The molecule has 1 heterocycles. The molecule has 17 heavy (non-hydrogen) atoms. The summed E-state index contributed by atoms with van der Waals surface area (Å²) in [4.78, 5) is 4.30. The Labute approximate surface area is 105 Å². The van der Waals surface area contributed by atoms with Crippen LogP contribution in [-0.4, -0.2) is 10.1 Å². The van der Waals surface area contributed by atoms with Gasteiger partial charge in [0.1, 0.15) is 0 Å². The van der Waals surface area contributed by atoms with E-state index in [4.69, 9.17) is 21.9 Å². The summed E-state index contributed by atoms with van der Waals surface area (Å²) in [7, 11) is 0. The zero-order valence-corrected chi connectivity index (χ0v) is 10.4. The molecule has 0 radical (unpaired) electrons. The Balaban J connectivity index is 2.27. The molecule has 1 aromatic heterocycles. The minimum absolute atomic E-state index is 0.427. The SMILES string of the molecule is CCCCc1noc(-c2cc(Cl)ccc2N)n1. The van der Waals surface area contributed by atoms with Gasteiger partial charge in [0.2, 0.25) is 0 Å². The fourth-order valence-electron chi connectivity index (χ4n) is 1.51. The van der Waals surface area contributed by atoms with E-state index < -0.39 is 0 Å². The number of aryl methyl sites for hydroxylation is 1. The summed E-state index contributed by atoms with van der Waals surface area (Å²) in [6, 6.07) is 5.19. The summed E-state index contributed by atoms with van der Waals surface area (Å²) in [5, 5.41) is 4.52. The van der Waals surface area contributed by atoms with E-state index in [-0.39, 0.29) is 0 Å². The van der Waals surface area contributed by atoms with Crippen molar-refractivity contribution < 1.29 is 4.52 Å². The third-order valence-electron chi connectivity index (χ3n) is 2.47. The van der Waals surface area contributed by atoms with E-state index in [0.29, 0.717) is 28.0 Å². The first-order valence-electron chi connectivity index (χ1n) is 5.58. The summed E-state index contributed by atoms with van der Waals surface area (Å²) in [5.41, 5.74) is 7.12. The summed E-state index contributed by atoms with van der Waals surface area (Å²) in [6.07, 6.45) is 2.97. The highest BCUT2D eigenvalue weighted by Gasteiger charge is 2.11. The maximum absolute atomic E-state index is 5.91. The number of benzene rings is 1. The number of nitrogens with two attached hydrogens (primary N) is 1. The van der Waals surface area contributed by atoms with Gasteiger partial charge < -0.3 is 10.3 Å². The second kappa shape index (κ2) is 5.19. The Bertz CT molecular complexity index is 510. The first-order chi connectivity index (χ1) is 8.20. The predicted octanol–water partition coefficient (Wildman–Crippen LogP) is 3.31. The van der Waals surface area contributed by atoms with Crippen molar-refractivity contribution in [2.45, 2.75) is 26.2 Å². The quantitative estimate of drug-likeness (QED) is 0.847. The Hall–Kier alpha value is -1.55. The Morgan fingerprint density at radius 2 is 2.24 bits per heavy atom. The Kier molecular flexibility index (Phi) is 3.64. The van der Waals surface area contributed by atoms with Gasteiger partial charge in [0.15, 0.2) is 5.82 Å². The highest BCUT2D eigenvalue weighted by atomic mass is 35.5. The lowest BCUT2D eigenvalue weighted by Gasteiger charge is -2.00. The monoisotopic (exact) mass is 251 g/mol. The van der Waals surface area contributed by atoms with Gasteiger partial charge in [-0.15, -0.1) is 0 Å². The van der Waals surface area contributed by atoms with Crippen molar-refractivity contribution in [2.24, 2.45) is 0 Å². The molecular weight excluding hydrogens is 238 g/mol. The lowest BCUT2D eigenvalue weighted by Crippen LogP contribution is -1.91. The van der Waals surface area contributed by atoms with Gasteiger partial charge in [-0.05, 0) is 24.6 Å². The third kappa shape index (κ3) is 2.77. The van der Waals surface area contributed by atoms with Gasteiger partial charge in [0.05, 0.1) is 5.56 Å². The topological polar surface area (TPSA) is 64.9 Å². The van der Waals surface area contributed by atoms with Gasteiger partial charge in [-0.2, -0.15) is 4.98 Å². The number of nitrogens with zero attached hydrogens (tertiary/aromatic N) is 2. The number of aromatic nitrogens is 2. The minimum atomic E-state index is 0.427. The summed E-state index contributed by atoms with van der Waals surface area (Å²) in [5.74, 6) is 1.14. The summed E-state index contributed by atoms with van der Waals surface area (Å²) < 4.78 is 5.18. The predicted molar refractivity (Wildman–Crippen MR) is 67.8 cm³/mol. The molecule has 0 fully saturated rings. The molecule has 2 rings (SSSR count). The fourth-order valence-corrected chi connectivity index (χ4v) is 1.69. The highest BCUT2D eigenvalue weighted by molar-refractivity contribution is 6.31. The molecule has 1 aromatic carbocycles. The van der Waals surface area contributed by atoms with Crippen molar-refractivity contribution in [2.75, 3.05) is 5.73 Å². The Morgan fingerprint density at radius 3 is 3.00 bits per heavy atom. The molecule has 0 aliphatic carbocycles. The van der Waals surface area contributed by atoms with Gasteiger partial charge in [-0.1, -0.05) is 30.1 Å². The normalized spacial score (nSPS) is 10.7. The van der Waals surface area contributed by atoms with Crippen LogP contribution in [0.2, 0.25) is 5.02 Å². The number of rotatable bonds is 4. The molecule has 0 aliphatic rings. The zero-order valence-electron chi connectivity index (χ0n) is 9.61. The van der Waals surface area contributed by atoms with Crippen molar-refractivity contribution in [3.63, 3.8) is 0 Å². The smallest absolute Gasteiger partial charge is 0.260 e. The second-order valence-corrected chi connectivity index (χ2v) is 4.29. The average molecular weight is 252 g/mol. The van der Waals surface area contributed by atoms with Crippen LogP contribution in [0.1, 0.15) is 25.6 Å².